The highest BCUT2D eigenvalue weighted by atomic mass is 16.6. The Hall–Kier alpha value is -1.91. The molecule has 1 unspecified atom stereocenters. The molecule has 0 saturated heterocycles. The smallest absolute Gasteiger partial charge is 0.303 e. The van der Waals surface area contributed by atoms with Crippen LogP contribution in [0.3, 0.4) is 0 Å². The molecule has 0 saturated carbocycles. The van der Waals surface area contributed by atoms with Crippen LogP contribution in [0.15, 0.2) is 24.3 Å². The lowest BCUT2D eigenvalue weighted by atomic mass is 9.97. The topological polar surface area (TPSA) is 80.4 Å². The number of carbonyl (C=O) groups is 1. The van der Waals surface area contributed by atoms with Gasteiger partial charge in [0.15, 0.2) is 0 Å². The first-order valence-electron chi connectivity index (χ1n) is 4.94. The molecule has 0 heterocycles. The number of nitrogens with zero attached hydrogens (tertiary/aromatic N) is 1. The lowest BCUT2D eigenvalue weighted by Gasteiger charge is -2.08. The van der Waals surface area contributed by atoms with E-state index >= 15 is 0 Å². The lowest BCUT2D eigenvalue weighted by Crippen LogP contribution is -2.08. The molecule has 0 fully saturated rings. The third-order valence-electron chi connectivity index (χ3n) is 2.28. The van der Waals surface area contributed by atoms with Gasteiger partial charge >= 0.3 is 5.97 Å². The van der Waals surface area contributed by atoms with E-state index < -0.39 is 10.9 Å². The van der Waals surface area contributed by atoms with E-state index in [-0.39, 0.29) is 18.0 Å². The van der Waals surface area contributed by atoms with Gasteiger partial charge in [0.05, 0.1) is 4.92 Å². The quantitative estimate of drug-likeness (QED) is 0.613. The maximum atomic E-state index is 10.7. The molecule has 5 nitrogen and oxygen atoms in total. The van der Waals surface area contributed by atoms with Gasteiger partial charge in [0.2, 0.25) is 0 Å². The Morgan fingerprint density at radius 2 is 2.12 bits per heavy atom. The molecule has 1 aromatic rings. The minimum Gasteiger partial charge on any atom is -0.481 e. The number of hydrogen-bond acceptors (Lipinski definition) is 3. The minimum atomic E-state index is -0.883. The van der Waals surface area contributed by atoms with Gasteiger partial charge < -0.3 is 5.11 Å². The molecule has 16 heavy (non-hydrogen) atoms. The van der Waals surface area contributed by atoms with Crippen LogP contribution < -0.4 is 0 Å². The van der Waals surface area contributed by atoms with Crippen molar-refractivity contribution in [2.45, 2.75) is 19.8 Å². The van der Waals surface area contributed by atoms with Crippen LogP contribution in [0.5, 0.6) is 0 Å². The van der Waals surface area contributed by atoms with Gasteiger partial charge in [-0.2, -0.15) is 0 Å². The predicted molar refractivity (Wildman–Crippen MR) is 58.2 cm³/mol. The third kappa shape index (κ3) is 3.34. The molecule has 1 N–H and O–H groups in total. The number of rotatable bonds is 5. The molecule has 1 atom stereocenters. The molecule has 5 heteroatoms. The number of hydrogen-bond donors (Lipinski definition) is 1. The summed E-state index contributed by atoms with van der Waals surface area (Å²) in [4.78, 5) is 20.8. The lowest BCUT2D eigenvalue weighted by molar-refractivity contribution is -0.385. The Labute approximate surface area is 92.9 Å². The van der Waals surface area contributed by atoms with E-state index in [9.17, 15) is 14.9 Å². The second-order valence-corrected chi connectivity index (χ2v) is 3.79. The SMILES string of the molecule is CC(CC(=O)O)Cc1ccccc1[N+](=O)[O-]. The molecule has 86 valence electrons. The van der Waals surface area contributed by atoms with Crippen LogP contribution in [0.2, 0.25) is 0 Å². The zero-order valence-corrected chi connectivity index (χ0v) is 8.92. The summed E-state index contributed by atoms with van der Waals surface area (Å²) >= 11 is 0. The van der Waals surface area contributed by atoms with Crippen molar-refractivity contribution < 1.29 is 14.8 Å². The average Bonchev–Trinajstić information content (AvgIpc) is 2.16. The second-order valence-electron chi connectivity index (χ2n) is 3.79. The van der Waals surface area contributed by atoms with Gasteiger partial charge in [0, 0.05) is 18.1 Å². The van der Waals surface area contributed by atoms with E-state index in [1.165, 1.54) is 6.07 Å². The standard InChI is InChI=1S/C11H13NO4/c1-8(7-11(13)14)6-9-4-2-3-5-10(9)12(15)16/h2-5,8H,6-7H2,1H3,(H,13,14). The fourth-order valence-electron chi connectivity index (χ4n) is 1.61. The Kier molecular flexibility index (Phi) is 3.99. The van der Waals surface area contributed by atoms with Gasteiger partial charge in [-0.05, 0) is 12.3 Å². The maximum Gasteiger partial charge on any atom is 0.303 e. The van der Waals surface area contributed by atoms with Crippen molar-refractivity contribution in [3.8, 4) is 0 Å². The highest BCUT2D eigenvalue weighted by Crippen LogP contribution is 2.22. The number of nitro benzene ring substituents is 1. The van der Waals surface area contributed by atoms with Crippen molar-refractivity contribution in [2.75, 3.05) is 0 Å². The van der Waals surface area contributed by atoms with E-state index in [1.807, 2.05) is 0 Å². The van der Waals surface area contributed by atoms with Crippen LogP contribution in [0, 0.1) is 16.0 Å². The van der Waals surface area contributed by atoms with E-state index in [2.05, 4.69) is 0 Å². The number of nitro groups is 1. The molecule has 0 amide bonds. The van der Waals surface area contributed by atoms with Crippen LogP contribution >= 0.6 is 0 Å². The first kappa shape index (κ1) is 12.2. The van der Waals surface area contributed by atoms with Crippen molar-refractivity contribution in [1.29, 1.82) is 0 Å². The predicted octanol–water partition coefficient (Wildman–Crippen LogP) is 2.25. The maximum absolute atomic E-state index is 10.7. The van der Waals surface area contributed by atoms with Gasteiger partial charge in [0.1, 0.15) is 0 Å². The molecule has 0 spiro atoms. The van der Waals surface area contributed by atoms with Crippen LogP contribution in [-0.2, 0) is 11.2 Å². The molecule has 1 aromatic carbocycles. The van der Waals surface area contributed by atoms with Crippen molar-refractivity contribution >= 4 is 11.7 Å². The molecule has 0 aliphatic heterocycles. The van der Waals surface area contributed by atoms with Crippen molar-refractivity contribution in [3.63, 3.8) is 0 Å². The number of carboxylic acid groups (broad SMARTS) is 1. The zero-order chi connectivity index (χ0) is 12.1. The molecular weight excluding hydrogens is 210 g/mol. The number of benzene rings is 1. The monoisotopic (exact) mass is 223 g/mol. The van der Waals surface area contributed by atoms with Crippen LogP contribution in [0.25, 0.3) is 0 Å². The van der Waals surface area contributed by atoms with E-state index in [0.29, 0.717) is 12.0 Å². The molecule has 0 bridgehead atoms. The largest absolute Gasteiger partial charge is 0.481 e. The van der Waals surface area contributed by atoms with E-state index in [0.717, 1.165) is 0 Å². The van der Waals surface area contributed by atoms with Crippen LogP contribution in [-0.4, -0.2) is 16.0 Å². The van der Waals surface area contributed by atoms with Gasteiger partial charge in [-0.15, -0.1) is 0 Å². The Bertz CT molecular complexity index is 403. The Balaban J connectivity index is 2.80. The molecule has 0 aliphatic carbocycles. The summed E-state index contributed by atoms with van der Waals surface area (Å²) < 4.78 is 0. The van der Waals surface area contributed by atoms with Gasteiger partial charge in [-0.1, -0.05) is 25.1 Å². The van der Waals surface area contributed by atoms with E-state index in [4.69, 9.17) is 5.11 Å². The number of aliphatic carboxylic acids is 1. The first-order valence-corrected chi connectivity index (χ1v) is 4.94. The van der Waals surface area contributed by atoms with Crippen molar-refractivity contribution in [1.82, 2.24) is 0 Å². The normalized spacial score (nSPS) is 12.1. The Morgan fingerprint density at radius 1 is 1.50 bits per heavy atom. The Morgan fingerprint density at radius 3 is 2.69 bits per heavy atom. The fourth-order valence-corrected chi connectivity index (χ4v) is 1.61. The summed E-state index contributed by atoms with van der Waals surface area (Å²) in [6.07, 6.45) is 0.426. The summed E-state index contributed by atoms with van der Waals surface area (Å²) in [5.74, 6) is -0.996. The summed E-state index contributed by atoms with van der Waals surface area (Å²) in [6, 6.07) is 6.42. The van der Waals surface area contributed by atoms with Crippen LogP contribution in [0.4, 0.5) is 5.69 Å². The number of para-hydroxylation sites is 1. The molecule has 0 aromatic heterocycles. The summed E-state index contributed by atoms with van der Waals surface area (Å²) in [7, 11) is 0. The second kappa shape index (κ2) is 5.25. The summed E-state index contributed by atoms with van der Waals surface area (Å²) in [6.45, 7) is 1.77. The third-order valence-corrected chi connectivity index (χ3v) is 2.28. The van der Waals surface area contributed by atoms with Crippen molar-refractivity contribution in [3.05, 3.63) is 39.9 Å². The van der Waals surface area contributed by atoms with Crippen LogP contribution in [0.1, 0.15) is 18.9 Å². The first-order chi connectivity index (χ1) is 7.50. The summed E-state index contributed by atoms with van der Waals surface area (Å²) in [5.41, 5.74) is 0.640. The van der Waals surface area contributed by atoms with Crippen molar-refractivity contribution in [2.24, 2.45) is 5.92 Å². The molecule has 1 rings (SSSR count). The molecule has 0 aliphatic rings. The number of carboxylic acids is 1. The average molecular weight is 223 g/mol. The highest BCUT2D eigenvalue weighted by Gasteiger charge is 2.16. The van der Waals surface area contributed by atoms with Gasteiger partial charge in [-0.3, -0.25) is 14.9 Å². The molecular formula is C11H13NO4. The minimum absolute atomic E-state index is 0.0199. The highest BCUT2D eigenvalue weighted by molar-refractivity contribution is 5.67. The van der Waals surface area contributed by atoms with Gasteiger partial charge in [-0.25, -0.2) is 0 Å². The summed E-state index contributed by atoms with van der Waals surface area (Å²) in [5, 5.41) is 19.3. The van der Waals surface area contributed by atoms with E-state index in [1.54, 1.807) is 25.1 Å². The molecule has 0 radical (unpaired) electrons. The zero-order valence-electron chi connectivity index (χ0n) is 8.92. The van der Waals surface area contributed by atoms with Gasteiger partial charge in [0.25, 0.3) is 5.69 Å². The fraction of sp³-hybridized carbons (Fsp3) is 0.364.